The molecule has 26 heavy (non-hydrogen) atoms. The van der Waals surface area contributed by atoms with Crippen molar-refractivity contribution in [1.29, 1.82) is 0 Å². The van der Waals surface area contributed by atoms with Crippen molar-refractivity contribution in [3.63, 3.8) is 0 Å². The molecule has 3 aromatic rings. The van der Waals surface area contributed by atoms with Crippen LogP contribution in [-0.2, 0) is 13.0 Å². The number of hydrogen-bond acceptors (Lipinski definition) is 3. The van der Waals surface area contributed by atoms with Gasteiger partial charge in [-0.15, -0.1) is 10.2 Å². The van der Waals surface area contributed by atoms with Gasteiger partial charge in [0, 0.05) is 42.2 Å². The summed E-state index contributed by atoms with van der Waals surface area (Å²) in [6, 6.07) is 7.90. The fourth-order valence-corrected chi connectivity index (χ4v) is 4.46. The Kier molecular flexibility index (Phi) is 3.76. The van der Waals surface area contributed by atoms with E-state index in [1.165, 1.54) is 19.3 Å². The van der Waals surface area contributed by atoms with Crippen molar-refractivity contribution in [3.05, 3.63) is 47.7 Å². The Bertz CT molecular complexity index is 956. The van der Waals surface area contributed by atoms with Crippen molar-refractivity contribution in [2.24, 2.45) is 0 Å². The lowest BCUT2D eigenvalue weighted by Crippen LogP contribution is -2.32. The van der Waals surface area contributed by atoms with Crippen LogP contribution in [0.1, 0.15) is 60.2 Å². The molecule has 1 atom stereocenters. The second-order valence-corrected chi connectivity index (χ2v) is 7.34. The van der Waals surface area contributed by atoms with Gasteiger partial charge in [-0.05, 0) is 43.9 Å². The van der Waals surface area contributed by atoms with Crippen LogP contribution >= 0.6 is 0 Å². The number of amides is 1. The number of nitrogens with one attached hydrogen (secondary N) is 1. The van der Waals surface area contributed by atoms with Crippen LogP contribution in [0.15, 0.2) is 30.5 Å². The van der Waals surface area contributed by atoms with Crippen molar-refractivity contribution in [2.75, 3.05) is 6.54 Å². The van der Waals surface area contributed by atoms with Gasteiger partial charge in [0.1, 0.15) is 5.82 Å². The van der Waals surface area contributed by atoms with Crippen LogP contribution in [0.3, 0.4) is 0 Å². The summed E-state index contributed by atoms with van der Waals surface area (Å²) in [5.41, 5.74) is 1.77. The van der Waals surface area contributed by atoms with Crippen LogP contribution in [0.25, 0.3) is 10.9 Å². The predicted molar refractivity (Wildman–Crippen MR) is 98.9 cm³/mol. The van der Waals surface area contributed by atoms with Crippen LogP contribution in [-0.4, -0.2) is 37.1 Å². The van der Waals surface area contributed by atoms with E-state index in [1.807, 2.05) is 35.4 Å². The number of H-pyrrole nitrogens is 1. The normalized spacial score (nSPS) is 20.3. The zero-order chi connectivity index (χ0) is 17.5. The lowest BCUT2D eigenvalue weighted by atomic mass is 10.1. The van der Waals surface area contributed by atoms with E-state index >= 15 is 0 Å². The number of carbonyl (C=O) groups is 1. The van der Waals surface area contributed by atoms with Gasteiger partial charge in [0.2, 0.25) is 0 Å². The topological polar surface area (TPSA) is 66.8 Å². The molecule has 0 spiro atoms. The molecule has 1 N–H and O–H groups in total. The highest BCUT2D eigenvalue weighted by molar-refractivity contribution is 6.06. The summed E-state index contributed by atoms with van der Waals surface area (Å²) in [6.07, 6.45) is 8.46. The third-order valence-electron chi connectivity index (χ3n) is 5.78. The Labute approximate surface area is 152 Å². The fraction of sp³-hybridized carbons (Fsp3) is 0.450. The molecular weight excluding hydrogens is 326 g/mol. The van der Waals surface area contributed by atoms with Gasteiger partial charge < -0.3 is 14.5 Å². The van der Waals surface area contributed by atoms with Gasteiger partial charge in [0.05, 0.1) is 6.04 Å². The number of nitrogens with zero attached hydrogens (tertiary/aromatic N) is 4. The van der Waals surface area contributed by atoms with Crippen LogP contribution in [0.5, 0.6) is 0 Å². The van der Waals surface area contributed by atoms with Gasteiger partial charge in [-0.25, -0.2) is 0 Å². The highest BCUT2D eigenvalue weighted by atomic mass is 16.2. The molecule has 134 valence electrons. The maximum absolute atomic E-state index is 13.4. The van der Waals surface area contributed by atoms with E-state index in [0.717, 1.165) is 60.5 Å². The molecule has 1 amide bonds. The van der Waals surface area contributed by atoms with E-state index in [2.05, 4.69) is 19.7 Å². The second-order valence-electron chi connectivity index (χ2n) is 7.34. The van der Waals surface area contributed by atoms with Gasteiger partial charge in [0.15, 0.2) is 5.82 Å². The summed E-state index contributed by atoms with van der Waals surface area (Å²) in [5, 5.41) is 9.94. The average molecular weight is 349 g/mol. The van der Waals surface area contributed by atoms with E-state index in [1.54, 1.807) is 0 Å². The number of benzene rings is 1. The van der Waals surface area contributed by atoms with E-state index in [-0.39, 0.29) is 11.9 Å². The molecule has 1 fully saturated rings. The number of hydrogen-bond donors (Lipinski definition) is 1. The van der Waals surface area contributed by atoms with Crippen molar-refractivity contribution >= 4 is 16.8 Å². The molecule has 2 aliphatic heterocycles. The Balaban J connectivity index is 1.51. The lowest BCUT2D eigenvalue weighted by molar-refractivity contribution is 0.0729. The summed E-state index contributed by atoms with van der Waals surface area (Å²) in [4.78, 5) is 18.6. The number of rotatable bonds is 2. The van der Waals surface area contributed by atoms with Gasteiger partial charge >= 0.3 is 0 Å². The van der Waals surface area contributed by atoms with E-state index in [9.17, 15) is 4.79 Å². The highest BCUT2D eigenvalue weighted by Crippen LogP contribution is 2.34. The molecule has 4 heterocycles. The average Bonchev–Trinajstić information content (AvgIpc) is 3.37. The Morgan fingerprint density at radius 2 is 2.04 bits per heavy atom. The predicted octanol–water partition coefficient (Wildman–Crippen LogP) is 3.46. The first kappa shape index (κ1) is 15.6. The quantitative estimate of drug-likeness (QED) is 0.770. The highest BCUT2D eigenvalue weighted by Gasteiger charge is 2.35. The molecular formula is C20H23N5O. The third kappa shape index (κ3) is 2.43. The Morgan fingerprint density at radius 3 is 3.00 bits per heavy atom. The van der Waals surface area contributed by atoms with Gasteiger partial charge in [-0.1, -0.05) is 12.5 Å². The summed E-state index contributed by atoms with van der Waals surface area (Å²) >= 11 is 0. The largest absolute Gasteiger partial charge is 0.361 e. The van der Waals surface area contributed by atoms with Gasteiger partial charge in [-0.2, -0.15) is 0 Å². The SMILES string of the molecule is O=C(c1cccc2[nH]ccc12)N1CCC[C@H]1c1nnc2n1CCCCC2. The second kappa shape index (κ2) is 6.27. The molecule has 0 radical (unpaired) electrons. The van der Waals surface area contributed by atoms with Crippen molar-refractivity contribution in [3.8, 4) is 0 Å². The number of likely N-dealkylation sites (tertiary alicyclic amines) is 1. The maximum Gasteiger partial charge on any atom is 0.255 e. The van der Waals surface area contributed by atoms with Crippen LogP contribution in [0, 0.1) is 0 Å². The molecule has 0 aliphatic carbocycles. The minimum atomic E-state index is 0.0380. The number of carbonyl (C=O) groups excluding carboxylic acids is 1. The van der Waals surface area contributed by atoms with Crippen LogP contribution < -0.4 is 0 Å². The monoisotopic (exact) mass is 349 g/mol. The number of fused-ring (bicyclic) bond motifs is 2. The van der Waals surface area contributed by atoms with Gasteiger partial charge in [-0.3, -0.25) is 4.79 Å². The number of aromatic nitrogens is 4. The standard InChI is InChI=1S/C20H23N5O/c26-20(15-6-4-7-16-14(15)10-11-21-16)24-13-5-8-17(24)19-23-22-18-9-2-1-3-12-25(18)19/h4,6-7,10-11,17,21H,1-3,5,8-9,12-13H2/t17-/m0/s1. The van der Waals surface area contributed by atoms with E-state index in [0.29, 0.717) is 0 Å². The number of aryl methyl sites for hydroxylation is 1. The maximum atomic E-state index is 13.4. The molecule has 6 heteroatoms. The fourth-order valence-electron chi connectivity index (χ4n) is 4.46. The molecule has 0 unspecified atom stereocenters. The molecule has 5 rings (SSSR count). The molecule has 0 bridgehead atoms. The minimum Gasteiger partial charge on any atom is -0.361 e. The molecule has 1 aromatic carbocycles. The first-order valence-electron chi connectivity index (χ1n) is 9.62. The Hall–Kier alpha value is -2.63. The summed E-state index contributed by atoms with van der Waals surface area (Å²) in [5.74, 6) is 2.17. The van der Waals surface area contributed by atoms with Crippen molar-refractivity contribution in [2.45, 2.75) is 51.1 Å². The van der Waals surface area contributed by atoms with E-state index < -0.39 is 0 Å². The van der Waals surface area contributed by atoms with Gasteiger partial charge in [0.25, 0.3) is 5.91 Å². The van der Waals surface area contributed by atoms with E-state index in [4.69, 9.17) is 0 Å². The first-order valence-corrected chi connectivity index (χ1v) is 9.62. The Morgan fingerprint density at radius 1 is 1.08 bits per heavy atom. The molecule has 2 aliphatic rings. The molecule has 6 nitrogen and oxygen atoms in total. The summed E-state index contributed by atoms with van der Waals surface area (Å²) in [6.45, 7) is 1.76. The zero-order valence-corrected chi connectivity index (χ0v) is 14.8. The third-order valence-corrected chi connectivity index (χ3v) is 5.78. The lowest BCUT2D eigenvalue weighted by Gasteiger charge is -2.25. The first-order chi connectivity index (χ1) is 12.8. The van der Waals surface area contributed by atoms with Crippen molar-refractivity contribution < 1.29 is 4.79 Å². The van der Waals surface area contributed by atoms with Crippen LogP contribution in [0.4, 0.5) is 0 Å². The molecule has 0 saturated carbocycles. The zero-order valence-electron chi connectivity index (χ0n) is 14.8. The summed E-state index contributed by atoms with van der Waals surface area (Å²) < 4.78 is 2.28. The number of aromatic amines is 1. The molecule has 2 aromatic heterocycles. The van der Waals surface area contributed by atoms with Crippen molar-refractivity contribution in [1.82, 2.24) is 24.6 Å². The smallest absolute Gasteiger partial charge is 0.255 e. The summed E-state index contributed by atoms with van der Waals surface area (Å²) in [7, 11) is 0. The minimum absolute atomic E-state index is 0.0380. The van der Waals surface area contributed by atoms with Crippen LogP contribution in [0.2, 0.25) is 0 Å². The molecule has 1 saturated heterocycles.